The van der Waals surface area contributed by atoms with Crippen LogP contribution >= 0.6 is 0 Å². The Morgan fingerprint density at radius 1 is 1.12 bits per heavy atom. The van der Waals surface area contributed by atoms with E-state index in [1.54, 1.807) is 0 Å². The molecule has 2 aliphatic carbocycles. The number of benzene rings is 1. The van der Waals surface area contributed by atoms with Crippen LogP contribution in [0, 0.1) is 12.8 Å². The van der Waals surface area contributed by atoms with Gasteiger partial charge in [0.05, 0.1) is 12.2 Å². The van der Waals surface area contributed by atoms with E-state index in [-0.39, 0.29) is 11.3 Å². The normalized spacial score (nSPS) is 20.1. The molecule has 2 N–H and O–H groups in total. The average Bonchev–Trinajstić information content (AvgIpc) is 3.44. The largest absolute Gasteiger partial charge is 0.493 e. The van der Waals surface area contributed by atoms with Crippen LogP contribution in [0.3, 0.4) is 0 Å². The van der Waals surface area contributed by atoms with Crippen LogP contribution < -0.4 is 10.5 Å². The summed E-state index contributed by atoms with van der Waals surface area (Å²) in [7, 11) is 0. The zero-order chi connectivity index (χ0) is 22.7. The van der Waals surface area contributed by atoms with Crippen molar-refractivity contribution in [3.8, 4) is 17.0 Å². The summed E-state index contributed by atoms with van der Waals surface area (Å²) in [5.74, 6) is 1.46. The Morgan fingerprint density at radius 2 is 1.84 bits per heavy atom. The molecule has 1 aromatic carbocycles. The summed E-state index contributed by atoms with van der Waals surface area (Å²) < 4.78 is 8.67. The lowest BCUT2D eigenvalue weighted by Crippen LogP contribution is -2.24. The minimum atomic E-state index is -0.331. The molecule has 3 aliphatic rings. The highest BCUT2D eigenvalue weighted by molar-refractivity contribution is 5.95. The third-order valence-electron chi connectivity index (χ3n) is 8.24. The number of fused-ring (bicyclic) bond motifs is 2. The molecule has 5 rings (SSSR count). The monoisotopic (exact) mass is 434 g/mol. The highest BCUT2D eigenvalue weighted by Gasteiger charge is 2.49. The van der Waals surface area contributed by atoms with E-state index >= 15 is 0 Å². The number of hydrogen-bond acceptors (Lipinski definition) is 2. The van der Waals surface area contributed by atoms with E-state index in [1.165, 1.54) is 61.6 Å². The number of amides is 1. The van der Waals surface area contributed by atoms with Gasteiger partial charge in [-0.3, -0.25) is 4.79 Å². The minimum absolute atomic E-state index is 0.0180. The predicted octanol–water partition coefficient (Wildman–Crippen LogP) is 6.25. The molecule has 1 spiro atoms. The van der Waals surface area contributed by atoms with Gasteiger partial charge in [-0.05, 0) is 74.1 Å². The second kappa shape index (κ2) is 7.67. The van der Waals surface area contributed by atoms with Crippen LogP contribution in [-0.4, -0.2) is 17.1 Å². The predicted molar refractivity (Wildman–Crippen MR) is 129 cm³/mol. The van der Waals surface area contributed by atoms with Crippen molar-refractivity contribution in [3.63, 3.8) is 0 Å². The Morgan fingerprint density at radius 3 is 2.47 bits per heavy atom. The number of ether oxygens (including phenoxy) is 1. The fourth-order valence-corrected chi connectivity index (χ4v) is 6.03. The van der Waals surface area contributed by atoms with Gasteiger partial charge in [0.2, 0.25) is 0 Å². The van der Waals surface area contributed by atoms with Crippen molar-refractivity contribution < 1.29 is 9.53 Å². The van der Waals surface area contributed by atoms with E-state index in [0.29, 0.717) is 16.9 Å². The summed E-state index contributed by atoms with van der Waals surface area (Å²) >= 11 is 0. The molecule has 2 aromatic rings. The van der Waals surface area contributed by atoms with Crippen molar-refractivity contribution in [1.82, 2.24) is 4.57 Å². The molecule has 32 heavy (non-hydrogen) atoms. The first kappa shape index (κ1) is 21.6. The molecule has 172 valence electrons. The number of nitrogens with two attached hydrogens (primary N) is 1. The van der Waals surface area contributed by atoms with Gasteiger partial charge < -0.3 is 15.0 Å². The topological polar surface area (TPSA) is 57.3 Å². The third-order valence-corrected chi connectivity index (χ3v) is 8.24. The standard InChI is InChI=1S/C28H38N2O2/c1-18-21(26(29)31)16-24(30(18)17-19-8-6-5-7-9-19)20-14-22(27(2,3)4)25-23(15-20)28(10-11-28)12-13-32-25/h14-16,19H,5-13,17H2,1-4H3,(H2,29,31). The fourth-order valence-electron chi connectivity index (χ4n) is 6.03. The van der Waals surface area contributed by atoms with Crippen LogP contribution in [0.25, 0.3) is 11.3 Å². The van der Waals surface area contributed by atoms with Crippen molar-refractivity contribution >= 4 is 5.91 Å². The van der Waals surface area contributed by atoms with Crippen molar-refractivity contribution in [2.24, 2.45) is 11.7 Å². The quantitative estimate of drug-likeness (QED) is 0.618. The Labute approximate surface area is 192 Å². The lowest BCUT2D eigenvalue weighted by molar-refractivity contribution is 0.0999. The first-order valence-electron chi connectivity index (χ1n) is 12.5. The van der Waals surface area contributed by atoms with Gasteiger partial charge in [-0.15, -0.1) is 0 Å². The Kier molecular flexibility index (Phi) is 5.18. The van der Waals surface area contributed by atoms with Crippen molar-refractivity contribution in [3.05, 3.63) is 40.6 Å². The second-order valence-corrected chi connectivity index (χ2v) is 11.5. The number of aromatic nitrogens is 1. The van der Waals surface area contributed by atoms with Gasteiger partial charge in [-0.25, -0.2) is 0 Å². The van der Waals surface area contributed by atoms with E-state index in [0.717, 1.165) is 36.7 Å². The van der Waals surface area contributed by atoms with E-state index in [1.807, 2.05) is 6.07 Å². The van der Waals surface area contributed by atoms with E-state index in [9.17, 15) is 4.79 Å². The fraction of sp³-hybridized carbons (Fsp3) is 0.607. The molecule has 0 atom stereocenters. The maximum absolute atomic E-state index is 12.3. The first-order chi connectivity index (χ1) is 15.2. The van der Waals surface area contributed by atoms with E-state index in [4.69, 9.17) is 10.5 Å². The lowest BCUT2D eigenvalue weighted by Gasteiger charge is -2.33. The van der Waals surface area contributed by atoms with Gasteiger partial charge in [-0.1, -0.05) is 40.0 Å². The smallest absolute Gasteiger partial charge is 0.250 e. The number of hydrogen-bond donors (Lipinski definition) is 1. The molecule has 1 amide bonds. The van der Waals surface area contributed by atoms with Gasteiger partial charge in [0.15, 0.2) is 0 Å². The van der Waals surface area contributed by atoms with Crippen LogP contribution in [0.1, 0.15) is 99.3 Å². The SMILES string of the molecule is Cc1c(C(N)=O)cc(-c2cc(C(C)(C)C)c3c(c2)C2(CCO3)CC2)n1CC1CCCCC1. The summed E-state index contributed by atoms with van der Waals surface area (Å²) in [5.41, 5.74) is 12.7. The number of rotatable bonds is 4. The molecule has 2 saturated carbocycles. The van der Waals surface area contributed by atoms with Crippen LogP contribution in [-0.2, 0) is 17.4 Å². The summed E-state index contributed by atoms with van der Waals surface area (Å²) in [6.45, 7) is 10.7. The molecule has 0 bridgehead atoms. The molecular weight excluding hydrogens is 396 g/mol. The van der Waals surface area contributed by atoms with Gasteiger partial charge in [0.1, 0.15) is 5.75 Å². The van der Waals surface area contributed by atoms with Gasteiger partial charge in [-0.2, -0.15) is 0 Å². The van der Waals surface area contributed by atoms with Crippen LogP contribution in [0.2, 0.25) is 0 Å². The summed E-state index contributed by atoms with van der Waals surface area (Å²) in [6, 6.07) is 6.72. The van der Waals surface area contributed by atoms with Gasteiger partial charge >= 0.3 is 0 Å². The van der Waals surface area contributed by atoms with Crippen LogP contribution in [0.4, 0.5) is 0 Å². The molecule has 0 saturated heterocycles. The van der Waals surface area contributed by atoms with Crippen molar-refractivity contribution in [1.29, 1.82) is 0 Å². The summed E-state index contributed by atoms with van der Waals surface area (Å²) in [6.07, 6.45) is 10.2. The zero-order valence-corrected chi connectivity index (χ0v) is 20.2. The summed E-state index contributed by atoms with van der Waals surface area (Å²) in [4.78, 5) is 12.3. The highest BCUT2D eigenvalue weighted by atomic mass is 16.5. The summed E-state index contributed by atoms with van der Waals surface area (Å²) in [5, 5.41) is 0. The number of carbonyl (C=O) groups excluding carboxylic acids is 1. The van der Waals surface area contributed by atoms with Gasteiger partial charge in [0.25, 0.3) is 5.91 Å². The van der Waals surface area contributed by atoms with Crippen molar-refractivity contribution in [2.45, 2.75) is 96.4 Å². The third kappa shape index (κ3) is 3.66. The average molecular weight is 435 g/mol. The minimum Gasteiger partial charge on any atom is -0.493 e. The maximum Gasteiger partial charge on any atom is 0.250 e. The number of primary amides is 1. The first-order valence-corrected chi connectivity index (χ1v) is 12.5. The Balaban J connectivity index is 1.67. The second-order valence-electron chi connectivity index (χ2n) is 11.5. The highest BCUT2D eigenvalue weighted by Crippen LogP contribution is 2.58. The Hall–Kier alpha value is -2.23. The van der Waals surface area contributed by atoms with Crippen LogP contribution in [0.15, 0.2) is 18.2 Å². The molecule has 4 nitrogen and oxygen atoms in total. The number of nitrogens with zero attached hydrogens (tertiary/aromatic N) is 1. The Bertz CT molecular complexity index is 1030. The molecule has 0 radical (unpaired) electrons. The van der Waals surface area contributed by atoms with Crippen LogP contribution in [0.5, 0.6) is 5.75 Å². The van der Waals surface area contributed by atoms with E-state index in [2.05, 4.69) is 44.4 Å². The molecular formula is C28H38N2O2. The molecule has 2 fully saturated rings. The zero-order valence-electron chi connectivity index (χ0n) is 20.2. The maximum atomic E-state index is 12.3. The number of carbonyl (C=O) groups is 1. The van der Waals surface area contributed by atoms with E-state index < -0.39 is 0 Å². The molecule has 1 aromatic heterocycles. The molecule has 4 heteroatoms. The molecule has 2 heterocycles. The van der Waals surface area contributed by atoms with Gasteiger partial charge in [0, 0.05) is 34.5 Å². The molecule has 0 unspecified atom stereocenters. The molecule has 1 aliphatic heterocycles. The lowest BCUT2D eigenvalue weighted by atomic mass is 9.79. The van der Waals surface area contributed by atoms with Crippen molar-refractivity contribution in [2.75, 3.05) is 6.61 Å².